The molecule has 1 saturated heterocycles. The van der Waals surface area contributed by atoms with Crippen molar-refractivity contribution in [1.82, 2.24) is 5.32 Å². The highest BCUT2D eigenvalue weighted by molar-refractivity contribution is 9.09. The minimum atomic E-state index is 0.0567. The molecule has 0 aromatic carbocycles. The first-order valence-electron chi connectivity index (χ1n) is 5.22. The lowest BCUT2D eigenvalue weighted by molar-refractivity contribution is -0.124. The van der Waals surface area contributed by atoms with Gasteiger partial charge in [0.15, 0.2) is 0 Å². The SMILES string of the molecule is COCC(Br)CCNC(=O)C1CCOC1. The zero-order valence-corrected chi connectivity index (χ0v) is 10.6. The molecule has 1 fully saturated rings. The zero-order chi connectivity index (χ0) is 11.1. The highest BCUT2D eigenvalue weighted by atomic mass is 79.9. The number of hydrogen-bond donors (Lipinski definition) is 1. The molecule has 88 valence electrons. The van der Waals surface area contributed by atoms with E-state index >= 15 is 0 Å². The number of hydrogen-bond acceptors (Lipinski definition) is 3. The lowest BCUT2D eigenvalue weighted by Gasteiger charge is -2.11. The van der Waals surface area contributed by atoms with Crippen LogP contribution in [0.15, 0.2) is 0 Å². The van der Waals surface area contributed by atoms with E-state index < -0.39 is 0 Å². The van der Waals surface area contributed by atoms with Gasteiger partial charge in [0.1, 0.15) is 0 Å². The van der Waals surface area contributed by atoms with E-state index in [1.807, 2.05) is 0 Å². The summed E-state index contributed by atoms with van der Waals surface area (Å²) in [6.45, 7) is 2.64. The molecule has 1 rings (SSSR count). The minimum Gasteiger partial charge on any atom is -0.384 e. The van der Waals surface area contributed by atoms with Crippen molar-refractivity contribution in [2.45, 2.75) is 17.7 Å². The second-order valence-electron chi connectivity index (χ2n) is 3.69. The van der Waals surface area contributed by atoms with Gasteiger partial charge in [0, 0.05) is 25.1 Å². The van der Waals surface area contributed by atoms with E-state index in [1.54, 1.807) is 7.11 Å². The number of carbonyl (C=O) groups excluding carboxylic acids is 1. The molecular weight excluding hydrogens is 262 g/mol. The third-order valence-electron chi connectivity index (χ3n) is 2.40. The van der Waals surface area contributed by atoms with Crippen LogP contribution in [-0.4, -0.2) is 44.2 Å². The van der Waals surface area contributed by atoms with E-state index in [4.69, 9.17) is 9.47 Å². The second kappa shape index (κ2) is 7.19. The summed E-state index contributed by atoms with van der Waals surface area (Å²) in [4.78, 5) is 11.9. The molecule has 0 aromatic rings. The maximum absolute atomic E-state index is 11.5. The number of alkyl halides is 1. The fourth-order valence-electron chi connectivity index (χ4n) is 1.50. The first-order valence-corrected chi connectivity index (χ1v) is 6.14. The standard InChI is InChI=1S/C10H18BrNO3/c1-14-7-9(11)2-4-12-10(13)8-3-5-15-6-8/h8-9H,2-7H2,1H3,(H,12,13). The molecule has 0 saturated carbocycles. The zero-order valence-electron chi connectivity index (χ0n) is 9.00. The Balaban J connectivity index is 2.06. The Morgan fingerprint density at radius 2 is 2.53 bits per heavy atom. The largest absolute Gasteiger partial charge is 0.384 e. The number of halogens is 1. The van der Waals surface area contributed by atoms with Gasteiger partial charge in [0.05, 0.1) is 19.1 Å². The molecule has 0 spiro atoms. The van der Waals surface area contributed by atoms with Crippen LogP contribution in [0, 0.1) is 5.92 Å². The van der Waals surface area contributed by atoms with Crippen molar-refractivity contribution in [2.24, 2.45) is 5.92 Å². The average molecular weight is 280 g/mol. The number of ether oxygens (including phenoxy) is 2. The predicted octanol–water partition coefficient (Wildman–Crippen LogP) is 0.939. The van der Waals surface area contributed by atoms with Gasteiger partial charge >= 0.3 is 0 Å². The Bertz CT molecular complexity index is 195. The van der Waals surface area contributed by atoms with Crippen LogP contribution in [0.25, 0.3) is 0 Å². The van der Waals surface area contributed by atoms with E-state index in [0.29, 0.717) is 31.2 Å². The average Bonchev–Trinajstić information content (AvgIpc) is 2.70. The number of amides is 1. The molecule has 4 nitrogen and oxygen atoms in total. The van der Waals surface area contributed by atoms with Crippen LogP contribution in [0.2, 0.25) is 0 Å². The summed E-state index contributed by atoms with van der Waals surface area (Å²) in [7, 11) is 1.67. The minimum absolute atomic E-state index is 0.0567. The summed E-state index contributed by atoms with van der Waals surface area (Å²) in [5.74, 6) is 0.172. The summed E-state index contributed by atoms with van der Waals surface area (Å²) >= 11 is 3.47. The lowest BCUT2D eigenvalue weighted by Crippen LogP contribution is -2.32. The van der Waals surface area contributed by atoms with E-state index in [2.05, 4.69) is 21.2 Å². The van der Waals surface area contributed by atoms with E-state index in [1.165, 1.54) is 0 Å². The molecule has 5 heteroatoms. The van der Waals surface area contributed by atoms with Gasteiger partial charge in [0.2, 0.25) is 5.91 Å². The first-order chi connectivity index (χ1) is 7.24. The summed E-state index contributed by atoms with van der Waals surface area (Å²) in [6.07, 6.45) is 1.73. The molecule has 0 radical (unpaired) electrons. The molecule has 0 aromatic heterocycles. The summed E-state index contributed by atoms with van der Waals surface area (Å²) < 4.78 is 10.1. The van der Waals surface area contributed by atoms with Gasteiger partial charge in [0.25, 0.3) is 0 Å². The van der Waals surface area contributed by atoms with E-state index in [-0.39, 0.29) is 11.8 Å². The summed E-state index contributed by atoms with van der Waals surface area (Å²) in [5, 5.41) is 2.91. The summed E-state index contributed by atoms with van der Waals surface area (Å²) in [5.41, 5.74) is 0. The van der Waals surface area contributed by atoms with Crippen LogP contribution in [0.1, 0.15) is 12.8 Å². The molecule has 2 atom stereocenters. The Labute approximate surface area is 98.8 Å². The highest BCUT2D eigenvalue weighted by Crippen LogP contribution is 2.12. The van der Waals surface area contributed by atoms with Crippen LogP contribution in [0.4, 0.5) is 0 Å². The molecule has 1 amide bonds. The van der Waals surface area contributed by atoms with Crippen LogP contribution in [0.5, 0.6) is 0 Å². The van der Waals surface area contributed by atoms with E-state index in [9.17, 15) is 4.79 Å². The Hall–Kier alpha value is -0.130. The fourth-order valence-corrected chi connectivity index (χ4v) is 2.00. The number of nitrogens with one attached hydrogen (secondary N) is 1. The second-order valence-corrected chi connectivity index (χ2v) is 4.99. The molecule has 1 aliphatic heterocycles. The highest BCUT2D eigenvalue weighted by Gasteiger charge is 2.22. The van der Waals surface area contributed by atoms with Crippen LogP contribution in [0.3, 0.4) is 0 Å². The molecule has 2 unspecified atom stereocenters. The van der Waals surface area contributed by atoms with Gasteiger partial charge in [-0.3, -0.25) is 4.79 Å². The van der Waals surface area contributed by atoms with Crippen LogP contribution >= 0.6 is 15.9 Å². The number of methoxy groups -OCH3 is 1. The Morgan fingerprint density at radius 1 is 1.73 bits per heavy atom. The van der Waals surface area contributed by atoms with Crippen molar-refractivity contribution in [3.8, 4) is 0 Å². The van der Waals surface area contributed by atoms with Crippen LogP contribution in [-0.2, 0) is 14.3 Å². The predicted molar refractivity (Wildman–Crippen MR) is 61.1 cm³/mol. The molecule has 15 heavy (non-hydrogen) atoms. The maximum Gasteiger partial charge on any atom is 0.225 e. The number of carbonyl (C=O) groups is 1. The molecule has 1 heterocycles. The lowest BCUT2D eigenvalue weighted by atomic mass is 10.1. The first kappa shape index (κ1) is 12.9. The molecule has 0 aliphatic carbocycles. The normalized spacial score (nSPS) is 22.7. The third-order valence-corrected chi connectivity index (χ3v) is 3.13. The Morgan fingerprint density at radius 3 is 3.13 bits per heavy atom. The van der Waals surface area contributed by atoms with Gasteiger partial charge in [-0.2, -0.15) is 0 Å². The van der Waals surface area contributed by atoms with Gasteiger partial charge in [-0.15, -0.1) is 0 Å². The van der Waals surface area contributed by atoms with Gasteiger partial charge in [-0.25, -0.2) is 0 Å². The van der Waals surface area contributed by atoms with Gasteiger partial charge < -0.3 is 14.8 Å². The van der Waals surface area contributed by atoms with Crippen molar-refractivity contribution in [3.63, 3.8) is 0 Å². The van der Waals surface area contributed by atoms with Crippen molar-refractivity contribution in [1.29, 1.82) is 0 Å². The number of rotatable bonds is 6. The van der Waals surface area contributed by atoms with Crippen molar-refractivity contribution < 1.29 is 14.3 Å². The fraction of sp³-hybridized carbons (Fsp3) is 0.900. The van der Waals surface area contributed by atoms with Crippen LogP contribution < -0.4 is 5.32 Å². The summed E-state index contributed by atoms with van der Waals surface area (Å²) in [6, 6.07) is 0. The maximum atomic E-state index is 11.5. The monoisotopic (exact) mass is 279 g/mol. The van der Waals surface area contributed by atoms with Gasteiger partial charge in [-0.1, -0.05) is 15.9 Å². The van der Waals surface area contributed by atoms with Crippen molar-refractivity contribution in [3.05, 3.63) is 0 Å². The smallest absolute Gasteiger partial charge is 0.225 e. The molecule has 1 N–H and O–H groups in total. The quantitative estimate of drug-likeness (QED) is 0.737. The van der Waals surface area contributed by atoms with Gasteiger partial charge in [-0.05, 0) is 12.8 Å². The molecule has 0 bridgehead atoms. The topological polar surface area (TPSA) is 47.6 Å². The van der Waals surface area contributed by atoms with Crippen molar-refractivity contribution >= 4 is 21.8 Å². The molecule has 1 aliphatic rings. The van der Waals surface area contributed by atoms with E-state index in [0.717, 1.165) is 12.8 Å². The molecular formula is C10H18BrNO3. The third kappa shape index (κ3) is 4.95. The Kier molecular flexibility index (Phi) is 6.20. The van der Waals surface area contributed by atoms with Crippen molar-refractivity contribution in [2.75, 3.05) is 33.5 Å².